The van der Waals surface area contributed by atoms with Gasteiger partial charge in [-0.3, -0.25) is 14.5 Å². The second-order valence-corrected chi connectivity index (χ2v) is 2.76. The predicted molar refractivity (Wildman–Crippen MR) is 46.6 cm³/mol. The predicted octanol–water partition coefficient (Wildman–Crippen LogP) is 0.258. The number of hydrogen-bond donors (Lipinski definition) is 2. The summed E-state index contributed by atoms with van der Waals surface area (Å²) >= 11 is 0. The van der Waals surface area contributed by atoms with Crippen molar-refractivity contribution in [2.75, 3.05) is 19.6 Å². The van der Waals surface area contributed by atoms with E-state index in [4.69, 9.17) is 10.2 Å². The van der Waals surface area contributed by atoms with Crippen LogP contribution >= 0.6 is 0 Å². The number of rotatable bonds is 7. The molecule has 0 rings (SSSR count). The minimum Gasteiger partial charge on any atom is -0.481 e. The van der Waals surface area contributed by atoms with Crippen LogP contribution in [0.3, 0.4) is 0 Å². The van der Waals surface area contributed by atoms with Gasteiger partial charge in [-0.2, -0.15) is 0 Å². The van der Waals surface area contributed by atoms with Crippen LogP contribution in [0.15, 0.2) is 0 Å². The summed E-state index contributed by atoms with van der Waals surface area (Å²) in [5.41, 5.74) is 0. The Kier molecular flexibility index (Phi) is 5.88. The van der Waals surface area contributed by atoms with Crippen molar-refractivity contribution in [3.63, 3.8) is 0 Å². The largest absolute Gasteiger partial charge is 0.481 e. The Hall–Kier alpha value is -1.10. The molecule has 2 N–H and O–H groups in total. The number of likely N-dealkylation sites (N-methyl/N-ethyl adjacent to an activating group) is 1. The van der Waals surface area contributed by atoms with Crippen LogP contribution in [0.2, 0.25) is 0 Å². The van der Waals surface area contributed by atoms with Crippen LogP contribution < -0.4 is 0 Å². The quantitative estimate of drug-likeness (QED) is 0.600. The highest BCUT2D eigenvalue weighted by molar-refractivity contribution is 5.69. The van der Waals surface area contributed by atoms with Gasteiger partial charge in [0.05, 0.1) is 6.54 Å². The average molecular weight is 189 g/mol. The average Bonchev–Trinajstić information content (AvgIpc) is 2.01. The smallest absolute Gasteiger partial charge is 0.317 e. The molecule has 0 amide bonds. The van der Waals surface area contributed by atoms with Crippen LogP contribution in [0.25, 0.3) is 0 Å². The van der Waals surface area contributed by atoms with E-state index in [0.29, 0.717) is 19.5 Å². The lowest BCUT2D eigenvalue weighted by atomic mass is 10.3. The Morgan fingerprint density at radius 1 is 1.23 bits per heavy atom. The first-order chi connectivity index (χ1) is 6.06. The molecule has 0 heterocycles. The van der Waals surface area contributed by atoms with E-state index in [9.17, 15) is 9.59 Å². The van der Waals surface area contributed by atoms with Gasteiger partial charge in [-0.25, -0.2) is 0 Å². The van der Waals surface area contributed by atoms with E-state index in [-0.39, 0.29) is 13.0 Å². The van der Waals surface area contributed by atoms with Gasteiger partial charge in [-0.1, -0.05) is 6.92 Å². The van der Waals surface area contributed by atoms with Crippen molar-refractivity contribution < 1.29 is 19.8 Å². The van der Waals surface area contributed by atoms with Crippen LogP contribution in [0.4, 0.5) is 0 Å². The van der Waals surface area contributed by atoms with E-state index in [2.05, 4.69) is 0 Å². The SMILES string of the molecule is CCN(CCCC(=O)O)CC(=O)O. The molecule has 0 aliphatic carbocycles. The first kappa shape index (κ1) is 11.9. The highest BCUT2D eigenvalue weighted by atomic mass is 16.4. The Bertz CT molecular complexity index is 181. The number of nitrogens with zero attached hydrogens (tertiary/aromatic N) is 1. The summed E-state index contributed by atoms with van der Waals surface area (Å²) in [6.07, 6.45) is 0.590. The zero-order valence-electron chi connectivity index (χ0n) is 7.69. The number of hydrogen-bond acceptors (Lipinski definition) is 3. The Morgan fingerprint density at radius 2 is 1.85 bits per heavy atom. The van der Waals surface area contributed by atoms with E-state index in [1.54, 1.807) is 4.90 Å². The van der Waals surface area contributed by atoms with Gasteiger partial charge in [-0.05, 0) is 19.5 Å². The standard InChI is InChI=1S/C8H15NO4/c1-2-9(6-8(12)13)5-3-4-7(10)11/h2-6H2,1H3,(H,10,11)(H,12,13). The first-order valence-electron chi connectivity index (χ1n) is 4.22. The third-order valence-corrected chi connectivity index (χ3v) is 1.67. The van der Waals surface area contributed by atoms with Gasteiger partial charge < -0.3 is 10.2 Å². The van der Waals surface area contributed by atoms with Crippen molar-refractivity contribution in [2.45, 2.75) is 19.8 Å². The summed E-state index contributed by atoms with van der Waals surface area (Å²) in [6, 6.07) is 0. The monoisotopic (exact) mass is 189 g/mol. The number of carbonyl (C=O) groups is 2. The Balaban J connectivity index is 3.59. The van der Waals surface area contributed by atoms with Crippen molar-refractivity contribution in [1.82, 2.24) is 4.90 Å². The molecule has 0 aliphatic heterocycles. The topological polar surface area (TPSA) is 77.8 Å². The van der Waals surface area contributed by atoms with Gasteiger partial charge in [0.15, 0.2) is 0 Å². The van der Waals surface area contributed by atoms with Crippen LogP contribution in [-0.4, -0.2) is 46.7 Å². The zero-order valence-corrected chi connectivity index (χ0v) is 7.69. The van der Waals surface area contributed by atoms with E-state index >= 15 is 0 Å². The van der Waals surface area contributed by atoms with E-state index < -0.39 is 11.9 Å². The van der Waals surface area contributed by atoms with Gasteiger partial charge >= 0.3 is 11.9 Å². The molecule has 5 nitrogen and oxygen atoms in total. The van der Waals surface area contributed by atoms with Crippen molar-refractivity contribution in [3.05, 3.63) is 0 Å². The van der Waals surface area contributed by atoms with Crippen LogP contribution in [0.1, 0.15) is 19.8 Å². The molecule has 0 saturated carbocycles. The molecule has 5 heteroatoms. The van der Waals surface area contributed by atoms with E-state index in [0.717, 1.165) is 0 Å². The molecule has 0 aromatic carbocycles. The number of aliphatic carboxylic acids is 2. The summed E-state index contributed by atoms with van der Waals surface area (Å²) in [7, 11) is 0. The van der Waals surface area contributed by atoms with Crippen molar-refractivity contribution in [1.29, 1.82) is 0 Å². The maximum atomic E-state index is 10.3. The summed E-state index contributed by atoms with van der Waals surface area (Å²) in [6.45, 7) is 2.99. The van der Waals surface area contributed by atoms with Gasteiger partial charge in [-0.15, -0.1) is 0 Å². The second kappa shape index (κ2) is 6.42. The fraction of sp³-hybridized carbons (Fsp3) is 0.750. The minimum atomic E-state index is -0.878. The molecule has 0 fully saturated rings. The lowest BCUT2D eigenvalue weighted by molar-refractivity contribution is -0.138. The molecule has 0 aromatic heterocycles. The van der Waals surface area contributed by atoms with Crippen LogP contribution in [0, 0.1) is 0 Å². The lowest BCUT2D eigenvalue weighted by Gasteiger charge is -2.16. The molecule has 0 aliphatic rings. The third-order valence-electron chi connectivity index (χ3n) is 1.67. The first-order valence-corrected chi connectivity index (χ1v) is 4.22. The molecule has 13 heavy (non-hydrogen) atoms. The Morgan fingerprint density at radius 3 is 2.23 bits per heavy atom. The van der Waals surface area contributed by atoms with Crippen LogP contribution in [-0.2, 0) is 9.59 Å². The van der Waals surface area contributed by atoms with Crippen molar-refractivity contribution in [2.24, 2.45) is 0 Å². The summed E-state index contributed by atoms with van der Waals surface area (Å²) < 4.78 is 0. The molecule has 0 unspecified atom stereocenters. The summed E-state index contributed by atoms with van der Waals surface area (Å²) in [5.74, 6) is -1.72. The Labute approximate surface area is 77.0 Å². The van der Waals surface area contributed by atoms with Crippen LogP contribution in [0.5, 0.6) is 0 Å². The molecular weight excluding hydrogens is 174 g/mol. The number of carboxylic acids is 2. The van der Waals surface area contributed by atoms with Gasteiger partial charge in [0.25, 0.3) is 0 Å². The fourth-order valence-corrected chi connectivity index (χ4v) is 0.994. The molecule has 0 saturated heterocycles. The molecule has 0 radical (unpaired) electrons. The minimum absolute atomic E-state index is 0.0177. The van der Waals surface area contributed by atoms with Gasteiger partial charge in [0, 0.05) is 6.42 Å². The normalized spacial score (nSPS) is 10.3. The molecule has 0 atom stereocenters. The lowest BCUT2D eigenvalue weighted by Crippen LogP contribution is -2.30. The fourth-order valence-electron chi connectivity index (χ4n) is 0.994. The zero-order chi connectivity index (χ0) is 10.3. The molecule has 76 valence electrons. The maximum absolute atomic E-state index is 10.3. The van der Waals surface area contributed by atoms with Crippen molar-refractivity contribution >= 4 is 11.9 Å². The summed E-state index contributed by atoms with van der Waals surface area (Å²) in [4.78, 5) is 22.2. The highest BCUT2D eigenvalue weighted by Crippen LogP contribution is 1.94. The maximum Gasteiger partial charge on any atom is 0.317 e. The molecule has 0 spiro atoms. The van der Waals surface area contributed by atoms with Gasteiger partial charge in [0.1, 0.15) is 0 Å². The van der Waals surface area contributed by atoms with E-state index in [1.807, 2.05) is 6.92 Å². The second-order valence-electron chi connectivity index (χ2n) is 2.76. The van der Waals surface area contributed by atoms with E-state index in [1.165, 1.54) is 0 Å². The molecular formula is C8H15NO4. The third kappa shape index (κ3) is 7.27. The van der Waals surface area contributed by atoms with Gasteiger partial charge in [0.2, 0.25) is 0 Å². The van der Waals surface area contributed by atoms with Crippen molar-refractivity contribution in [3.8, 4) is 0 Å². The summed E-state index contributed by atoms with van der Waals surface area (Å²) in [5, 5.41) is 16.8. The highest BCUT2D eigenvalue weighted by Gasteiger charge is 2.07. The molecule has 0 bridgehead atoms. The molecule has 0 aromatic rings. The number of carboxylic acid groups (broad SMARTS) is 2.